The fraction of sp³-hybridized carbons (Fsp3) is 0.333. The van der Waals surface area contributed by atoms with Crippen molar-refractivity contribution in [2.24, 2.45) is 0 Å². The van der Waals surface area contributed by atoms with Crippen molar-refractivity contribution in [1.29, 1.82) is 0 Å². The van der Waals surface area contributed by atoms with Crippen LogP contribution in [0.2, 0.25) is 0 Å². The molecule has 0 radical (unpaired) electrons. The molecule has 0 fully saturated rings. The van der Waals surface area contributed by atoms with Gasteiger partial charge in [0.2, 0.25) is 0 Å². The molecule has 1 heterocycles. The van der Waals surface area contributed by atoms with Gasteiger partial charge in [-0.05, 0) is 75.8 Å². The molecule has 5 heteroatoms. The average Bonchev–Trinajstić information content (AvgIpc) is 2.78. The van der Waals surface area contributed by atoms with Gasteiger partial charge in [0.05, 0.1) is 11.1 Å². The number of rotatable bonds is 8. The quantitative estimate of drug-likeness (QED) is 0.224. The Hall–Kier alpha value is -3.34. The number of benzene rings is 2. The van der Waals surface area contributed by atoms with Gasteiger partial charge < -0.3 is 14.4 Å². The fourth-order valence-corrected chi connectivity index (χ4v) is 3.55. The number of ether oxygens (including phenoxy) is 2. The SMILES string of the molecule is CCC(=O)Oc1ccc(C(=O)C=Cc2ccc(N(CC)CC)cc2)c2c1C=CC(C)(C)O2. The summed E-state index contributed by atoms with van der Waals surface area (Å²) in [5.41, 5.74) is 2.57. The van der Waals surface area contributed by atoms with Crippen LogP contribution in [0.25, 0.3) is 12.2 Å². The van der Waals surface area contributed by atoms with Crippen molar-refractivity contribution in [1.82, 2.24) is 0 Å². The van der Waals surface area contributed by atoms with Crippen LogP contribution in [0.1, 0.15) is 62.5 Å². The normalized spacial score (nSPS) is 14.0. The van der Waals surface area contributed by atoms with Crippen molar-refractivity contribution < 1.29 is 19.1 Å². The zero-order valence-electron chi connectivity index (χ0n) is 19.5. The van der Waals surface area contributed by atoms with Crippen LogP contribution in [0.3, 0.4) is 0 Å². The summed E-state index contributed by atoms with van der Waals surface area (Å²) in [6.07, 6.45) is 7.36. The van der Waals surface area contributed by atoms with Gasteiger partial charge in [0.25, 0.3) is 0 Å². The Bertz CT molecular complexity index is 1040. The summed E-state index contributed by atoms with van der Waals surface area (Å²) in [5.74, 6) is 0.322. The number of esters is 1. The van der Waals surface area contributed by atoms with E-state index in [1.165, 1.54) is 0 Å². The Balaban J connectivity index is 1.88. The zero-order chi connectivity index (χ0) is 23.3. The van der Waals surface area contributed by atoms with Crippen LogP contribution >= 0.6 is 0 Å². The van der Waals surface area contributed by atoms with Crippen LogP contribution in [-0.2, 0) is 4.79 Å². The number of allylic oxidation sites excluding steroid dienone is 1. The first-order valence-corrected chi connectivity index (χ1v) is 11.1. The van der Waals surface area contributed by atoms with Crippen molar-refractivity contribution in [2.45, 2.75) is 46.6 Å². The minimum absolute atomic E-state index is 0.173. The lowest BCUT2D eigenvalue weighted by atomic mass is 9.97. The Morgan fingerprint density at radius 2 is 1.72 bits per heavy atom. The van der Waals surface area contributed by atoms with Crippen LogP contribution < -0.4 is 14.4 Å². The largest absolute Gasteiger partial charge is 0.482 e. The molecule has 0 unspecified atom stereocenters. The summed E-state index contributed by atoms with van der Waals surface area (Å²) in [7, 11) is 0. The van der Waals surface area contributed by atoms with Crippen LogP contribution in [0, 0.1) is 0 Å². The van der Waals surface area contributed by atoms with Gasteiger partial charge in [-0.25, -0.2) is 0 Å². The smallest absolute Gasteiger partial charge is 0.310 e. The maximum Gasteiger partial charge on any atom is 0.310 e. The summed E-state index contributed by atoms with van der Waals surface area (Å²) in [6.45, 7) is 11.7. The number of hydrogen-bond donors (Lipinski definition) is 0. The van der Waals surface area contributed by atoms with Gasteiger partial charge in [0.1, 0.15) is 17.1 Å². The van der Waals surface area contributed by atoms with Gasteiger partial charge in [0.15, 0.2) is 5.78 Å². The van der Waals surface area contributed by atoms with Crippen molar-refractivity contribution in [3.63, 3.8) is 0 Å². The molecule has 0 saturated carbocycles. The van der Waals surface area contributed by atoms with Crippen LogP contribution in [-0.4, -0.2) is 30.4 Å². The molecule has 0 aliphatic carbocycles. The lowest BCUT2D eigenvalue weighted by molar-refractivity contribution is -0.134. The molecule has 0 aromatic heterocycles. The molecule has 3 rings (SSSR count). The first kappa shape index (κ1) is 23.3. The number of fused-ring (bicyclic) bond motifs is 1. The third-order valence-electron chi connectivity index (χ3n) is 5.40. The molecule has 2 aromatic carbocycles. The maximum atomic E-state index is 13.1. The Labute approximate surface area is 190 Å². The second-order valence-electron chi connectivity index (χ2n) is 8.18. The first-order valence-electron chi connectivity index (χ1n) is 11.1. The number of hydrogen-bond acceptors (Lipinski definition) is 5. The molecular weight excluding hydrogens is 402 g/mol. The van der Waals surface area contributed by atoms with Crippen molar-refractivity contribution >= 4 is 29.6 Å². The number of carbonyl (C=O) groups excluding carboxylic acids is 2. The molecule has 1 aliphatic heterocycles. The summed E-state index contributed by atoms with van der Waals surface area (Å²) in [6, 6.07) is 11.4. The summed E-state index contributed by atoms with van der Waals surface area (Å²) >= 11 is 0. The molecule has 5 nitrogen and oxygen atoms in total. The first-order chi connectivity index (χ1) is 15.3. The highest BCUT2D eigenvalue weighted by atomic mass is 16.5. The van der Waals surface area contributed by atoms with Gasteiger partial charge in [0, 0.05) is 25.2 Å². The molecule has 1 aliphatic rings. The van der Waals surface area contributed by atoms with E-state index < -0.39 is 5.60 Å². The second-order valence-corrected chi connectivity index (χ2v) is 8.18. The van der Waals surface area contributed by atoms with E-state index in [2.05, 4.69) is 30.9 Å². The zero-order valence-corrected chi connectivity index (χ0v) is 19.5. The monoisotopic (exact) mass is 433 g/mol. The third-order valence-corrected chi connectivity index (χ3v) is 5.40. The Kier molecular flexibility index (Phi) is 7.18. The van der Waals surface area contributed by atoms with Gasteiger partial charge in [-0.1, -0.05) is 25.1 Å². The summed E-state index contributed by atoms with van der Waals surface area (Å²) < 4.78 is 11.5. The lowest BCUT2D eigenvalue weighted by Gasteiger charge is -2.29. The van der Waals surface area contributed by atoms with Crippen molar-refractivity contribution in [3.8, 4) is 11.5 Å². The van der Waals surface area contributed by atoms with E-state index in [0.717, 1.165) is 24.3 Å². The van der Waals surface area contributed by atoms with Crippen molar-refractivity contribution in [3.05, 3.63) is 65.2 Å². The van der Waals surface area contributed by atoms with E-state index >= 15 is 0 Å². The molecule has 0 bridgehead atoms. The second kappa shape index (κ2) is 9.86. The highest BCUT2D eigenvalue weighted by molar-refractivity contribution is 6.09. The van der Waals surface area contributed by atoms with Crippen LogP contribution in [0.4, 0.5) is 5.69 Å². The summed E-state index contributed by atoms with van der Waals surface area (Å²) in [5, 5.41) is 0. The lowest BCUT2D eigenvalue weighted by Crippen LogP contribution is -2.29. The highest BCUT2D eigenvalue weighted by Crippen LogP contribution is 2.40. The van der Waals surface area contributed by atoms with Gasteiger partial charge in [-0.3, -0.25) is 9.59 Å². The predicted molar refractivity (Wildman–Crippen MR) is 129 cm³/mol. The minimum atomic E-state index is -0.570. The van der Waals surface area contributed by atoms with Gasteiger partial charge in [-0.2, -0.15) is 0 Å². The topological polar surface area (TPSA) is 55.8 Å². The van der Waals surface area contributed by atoms with Gasteiger partial charge >= 0.3 is 5.97 Å². The minimum Gasteiger partial charge on any atom is -0.482 e. The molecule has 2 aromatic rings. The molecule has 0 saturated heterocycles. The van der Waals surface area contributed by atoms with Crippen LogP contribution in [0.5, 0.6) is 11.5 Å². The Morgan fingerprint density at radius 3 is 2.34 bits per heavy atom. The molecule has 0 atom stereocenters. The van der Waals surface area contributed by atoms with E-state index in [9.17, 15) is 9.59 Å². The molecule has 0 amide bonds. The standard InChI is InChI=1S/C27H31NO4/c1-6-25(30)31-24-16-14-21(26-22(24)17-18-27(4,5)32-26)23(29)15-11-19-9-12-20(13-10-19)28(7-2)8-3/h9-18H,6-8H2,1-5H3. The summed E-state index contributed by atoms with van der Waals surface area (Å²) in [4.78, 5) is 27.1. The number of anilines is 1. The Morgan fingerprint density at radius 1 is 1.03 bits per heavy atom. The van der Waals surface area contributed by atoms with E-state index in [0.29, 0.717) is 22.6 Å². The van der Waals surface area contributed by atoms with Crippen LogP contribution in [0.15, 0.2) is 48.6 Å². The predicted octanol–water partition coefficient (Wildman–Crippen LogP) is 5.93. The van der Waals surface area contributed by atoms with Gasteiger partial charge in [-0.15, -0.1) is 0 Å². The fourth-order valence-electron chi connectivity index (χ4n) is 3.55. The number of ketones is 1. The van der Waals surface area contributed by atoms with E-state index in [1.54, 1.807) is 31.2 Å². The molecule has 0 N–H and O–H groups in total. The molecular formula is C27H31NO4. The maximum absolute atomic E-state index is 13.1. The molecule has 0 spiro atoms. The van der Waals surface area contributed by atoms with E-state index in [-0.39, 0.29) is 18.2 Å². The third kappa shape index (κ3) is 5.28. The van der Waals surface area contributed by atoms with E-state index in [1.807, 2.05) is 38.1 Å². The van der Waals surface area contributed by atoms with E-state index in [4.69, 9.17) is 9.47 Å². The average molecular weight is 434 g/mol. The molecule has 32 heavy (non-hydrogen) atoms. The number of nitrogens with zero attached hydrogens (tertiary/aromatic N) is 1. The number of carbonyl (C=O) groups is 2. The van der Waals surface area contributed by atoms with Crippen molar-refractivity contribution in [2.75, 3.05) is 18.0 Å². The highest BCUT2D eigenvalue weighted by Gasteiger charge is 2.28. The molecule has 168 valence electrons.